The highest BCUT2D eigenvalue weighted by molar-refractivity contribution is 6.61. The fraction of sp³-hybridized carbons (Fsp3) is 0.786. The molecule has 2 heterocycles. The number of aliphatic hydroxyl groups is 1. The Morgan fingerprint density at radius 2 is 1.90 bits per heavy atom. The van der Waals surface area contributed by atoms with Gasteiger partial charge in [-0.1, -0.05) is 0 Å². The van der Waals surface area contributed by atoms with Crippen molar-refractivity contribution in [2.75, 3.05) is 0 Å². The van der Waals surface area contributed by atoms with E-state index in [9.17, 15) is 5.11 Å². The van der Waals surface area contributed by atoms with E-state index >= 15 is 0 Å². The Kier molecular flexibility index (Phi) is 3.23. The summed E-state index contributed by atoms with van der Waals surface area (Å²) in [6, 6.07) is 0.0890. The molecule has 2 aliphatic rings. The summed E-state index contributed by atoms with van der Waals surface area (Å²) >= 11 is 0. The summed E-state index contributed by atoms with van der Waals surface area (Å²) in [6.07, 6.45) is 6.33. The Morgan fingerprint density at radius 1 is 1.25 bits per heavy atom. The van der Waals surface area contributed by atoms with E-state index in [1.165, 1.54) is 0 Å². The molecule has 3 rings (SSSR count). The van der Waals surface area contributed by atoms with Crippen molar-refractivity contribution in [1.29, 1.82) is 0 Å². The van der Waals surface area contributed by atoms with E-state index in [-0.39, 0.29) is 30.5 Å². The van der Waals surface area contributed by atoms with Gasteiger partial charge in [0.25, 0.3) is 0 Å². The number of rotatable bonds is 2. The summed E-state index contributed by atoms with van der Waals surface area (Å²) in [4.78, 5) is 0. The molecule has 0 spiro atoms. The normalized spacial score (nSPS) is 31.9. The topological polar surface area (TPSA) is 56.5 Å². The third-order valence-corrected chi connectivity index (χ3v) is 4.93. The van der Waals surface area contributed by atoms with Crippen molar-refractivity contribution in [3.63, 3.8) is 0 Å². The highest BCUT2D eigenvalue weighted by atomic mass is 16.7. The predicted molar refractivity (Wildman–Crippen MR) is 76.8 cm³/mol. The minimum atomic E-state index is -0.382. The van der Waals surface area contributed by atoms with Gasteiger partial charge in [-0.15, -0.1) is 0 Å². The van der Waals surface area contributed by atoms with E-state index in [0.29, 0.717) is 0 Å². The van der Waals surface area contributed by atoms with Gasteiger partial charge in [0.2, 0.25) is 0 Å². The monoisotopic (exact) mass is 278 g/mol. The summed E-state index contributed by atoms with van der Waals surface area (Å²) in [5, 5.41) is 14.3. The number of nitrogens with zero attached hydrogens (tertiary/aromatic N) is 2. The Bertz CT molecular complexity index is 484. The molecule has 2 fully saturated rings. The zero-order valence-corrected chi connectivity index (χ0v) is 12.7. The van der Waals surface area contributed by atoms with Crippen molar-refractivity contribution < 1.29 is 14.4 Å². The molecule has 0 amide bonds. The van der Waals surface area contributed by atoms with Crippen molar-refractivity contribution in [2.24, 2.45) is 0 Å². The number of aromatic nitrogens is 2. The van der Waals surface area contributed by atoms with Crippen molar-refractivity contribution in [1.82, 2.24) is 9.78 Å². The summed E-state index contributed by atoms with van der Waals surface area (Å²) < 4.78 is 13.9. The quantitative estimate of drug-likeness (QED) is 0.828. The minimum absolute atomic E-state index is 0.0890. The second-order valence-electron chi connectivity index (χ2n) is 6.91. The van der Waals surface area contributed by atoms with Gasteiger partial charge in [0, 0.05) is 17.9 Å². The molecule has 0 bridgehead atoms. The van der Waals surface area contributed by atoms with E-state index in [0.717, 1.165) is 24.7 Å². The molecule has 1 N–H and O–H groups in total. The average Bonchev–Trinajstić information content (AvgIpc) is 2.98. The molecule has 5 nitrogen and oxygen atoms in total. The van der Waals surface area contributed by atoms with Crippen LogP contribution in [-0.2, 0) is 9.31 Å². The van der Waals surface area contributed by atoms with Crippen molar-refractivity contribution in [3.8, 4) is 0 Å². The first-order valence-electron chi connectivity index (χ1n) is 7.38. The smallest absolute Gasteiger partial charge is 0.399 e. The van der Waals surface area contributed by atoms with Crippen LogP contribution in [0.5, 0.6) is 0 Å². The highest BCUT2D eigenvalue weighted by Gasteiger charge is 2.52. The molecule has 1 saturated heterocycles. The summed E-state index contributed by atoms with van der Waals surface area (Å²) in [6.45, 7) is 8.16. The van der Waals surface area contributed by atoms with E-state index < -0.39 is 0 Å². The molecule has 1 aliphatic carbocycles. The second kappa shape index (κ2) is 4.58. The molecule has 1 aliphatic heterocycles. The lowest BCUT2D eigenvalue weighted by Crippen LogP contribution is -2.41. The molecule has 1 saturated carbocycles. The molecule has 0 radical (unpaired) electrons. The first kappa shape index (κ1) is 14.1. The Labute approximate surface area is 120 Å². The zero-order valence-electron chi connectivity index (χ0n) is 12.7. The Morgan fingerprint density at radius 3 is 2.45 bits per heavy atom. The van der Waals surface area contributed by atoms with Crippen LogP contribution < -0.4 is 5.46 Å². The standard InChI is InChI=1S/C14H23BN2O3/c1-13(2)14(3,4)20-15(19-13)10-8-16-17(9-10)11-6-5-7-12(11)18/h8-9,11-12,18H,5-7H2,1-4H3/t11-,12+/m0/s1. The van der Waals surface area contributed by atoms with Gasteiger partial charge in [0.15, 0.2) is 0 Å². The maximum Gasteiger partial charge on any atom is 0.498 e. The maximum absolute atomic E-state index is 9.96. The molecule has 0 unspecified atom stereocenters. The summed E-state index contributed by atoms with van der Waals surface area (Å²) in [5.74, 6) is 0. The molecular weight excluding hydrogens is 255 g/mol. The van der Waals surface area contributed by atoms with E-state index in [1.807, 2.05) is 38.6 Å². The molecule has 1 aromatic rings. The summed E-state index contributed by atoms with van der Waals surface area (Å²) in [5.41, 5.74) is 0.238. The molecular formula is C14H23BN2O3. The van der Waals surface area contributed by atoms with Gasteiger partial charge in [-0.2, -0.15) is 5.10 Å². The lowest BCUT2D eigenvalue weighted by atomic mass is 9.82. The Balaban J connectivity index is 1.78. The minimum Gasteiger partial charge on any atom is -0.399 e. The lowest BCUT2D eigenvalue weighted by Gasteiger charge is -2.32. The fourth-order valence-corrected chi connectivity index (χ4v) is 2.86. The number of aliphatic hydroxyl groups excluding tert-OH is 1. The van der Waals surface area contributed by atoms with Crippen LogP contribution in [0.1, 0.15) is 53.0 Å². The van der Waals surface area contributed by atoms with Gasteiger partial charge in [0.05, 0.1) is 23.3 Å². The van der Waals surface area contributed by atoms with Crippen LogP contribution in [0.4, 0.5) is 0 Å². The molecule has 110 valence electrons. The van der Waals surface area contributed by atoms with Gasteiger partial charge in [0.1, 0.15) is 0 Å². The molecule has 0 aromatic carbocycles. The van der Waals surface area contributed by atoms with Gasteiger partial charge in [-0.05, 0) is 47.0 Å². The maximum atomic E-state index is 9.96. The number of hydrogen-bond acceptors (Lipinski definition) is 4. The largest absolute Gasteiger partial charge is 0.498 e. The molecule has 20 heavy (non-hydrogen) atoms. The van der Waals surface area contributed by atoms with Crippen LogP contribution in [0.3, 0.4) is 0 Å². The Hall–Kier alpha value is -0.845. The van der Waals surface area contributed by atoms with Crippen LogP contribution in [0, 0.1) is 0 Å². The van der Waals surface area contributed by atoms with E-state index in [2.05, 4.69) is 5.10 Å². The molecule has 1 aromatic heterocycles. The van der Waals surface area contributed by atoms with Crippen molar-refractivity contribution in [2.45, 2.75) is 70.3 Å². The lowest BCUT2D eigenvalue weighted by molar-refractivity contribution is 0.00578. The van der Waals surface area contributed by atoms with Crippen molar-refractivity contribution in [3.05, 3.63) is 12.4 Å². The van der Waals surface area contributed by atoms with Gasteiger partial charge >= 0.3 is 7.12 Å². The van der Waals surface area contributed by atoms with Gasteiger partial charge in [-0.25, -0.2) is 0 Å². The SMILES string of the molecule is CC1(C)OB(c2cnn([C@H]3CCC[C@H]3O)c2)OC1(C)C. The number of hydrogen-bond donors (Lipinski definition) is 1. The fourth-order valence-electron chi connectivity index (χ4n) is 2.86. The van der Waals surface area contributed by atoms with Crippen LogP contribution in [0.25, 0.3) is 0 Å². The molecule has 2 atom stereocenters. The van der Waals surface area contributed by atoms with Crippen LogP contribution in [0.2, 0.25) is 0 Å². The van der Waals surface area contributed by atoms with Crippen molar-refractivity contribution >= 4 is 12.6 Å². The van der Waals surface area contributed by atoms with E-state index in [4.69, 9.17) is 9.31 Å². The molecule has 6 heteroatoms. The van der Waals surface area contributed by atoms with E-state index in [1.54, 1.807) is 6.20 Å². The van der Waals surface area contributed by atoms with Crippen LogP contribution in [0.15, 0.2) is 12.4 Å². The zero-order chi connectivity index (χ0) is 14.5. The van der Waals surface area contributed by atoms with Crippen LogP contribution in [-0.4, -0.2) is 39.3 Å². The third kappa shape index (κ3) is 2.20. The third-order valence-electron chi connectivity index (χ3n) is 4.93. The average molecular weight is 278 g/mol. The summed E-state index contributed by atoms with van der Waals surface area (Å²) in [7, 11) is -0.382. The predicted octanol–water partition coefficient (Wildman–Crippen LogP) is 1.27. The second-order valence-corrected chi connectivity index (χ2v) is 6.91. The van der Waals surface area contributed by atoms with Gasteiger partial charge in [-0.3, -0.25) is 4.68 Å². The highest BCUT2D eigenvalue weighted by Crippen LogP contribution is 2.36. The first-order chi connectivity index (χ1) is 9.30. The first-order valence-corrected chi connectivity index (χ1v) is 7.38. The van der Waals surface area contributed by atoms with Gasteiger partial charge < -0.3 is 14.4 Å². The van der Waals surface area contributed by atoms with Crippen LogP contribution >= 0.6 is 0 Å².